The van der Waals surface area contributed by atoms with E-state index in [0.717, 1.165) is 6.42 Å². The molecule has 0 aliphatic carbocycles. The average Bonchev–Trinajstić information content (AvgIpc) is 1.93. The molecule has 1 aliphatic heterocycles. The van der Waals surface area contributed by atoms with Gasteiger partial charge in [-0.25, -0.2) is 4.79 Å². The molecule has 4 nitrogen and oxygen atoms in total. The maximum Gasteiger partial charge on any atom is 0.410 e. The van der Waals surface area contributed by atoms with E-state index in [9.17, 15) is 4.79 Å². The molecular weight excluding hydrogens is 180 g/mol. The average molecular weight is 196 g/mol. The highest BCUT2D eigenvalue weighted by molar-refractivity contribution is 5.69. The summed E-state index contributed by atoms with van der Waals surface area (Å²) < 4.78 is 5.20. The van der Waals surface area contributed by atoms with Gasteiger partial charge in [0.25, 0.3) is 0 Å². The summed E-state index contributed by atoms with van der Waals surface area (Å²) in [6.07, 6.45) is 1.01. The molecule has 1 saturated heterocycles. The van der Waals surface area contributed by atoms with Crippen molar-refractivity contribution in [1.29, 1.82) is 5.26 Å². The van der Waals surface area contributed by atoms with Gasteiger partial charge in [0.15, 0.2) is 0 Å². The molecule has 1 amide bonds. The van der Waals surface area contributed by atoms with E-state index in [2.05, 4.69) is 6.07 Å². The molecule has 0 spiro atoms. The van der Waals surface area contributed by atoms with E-state index in [0.29, 0.717) is 13.0 Å². The Hall–Kier alpha value is -1.24. The van der Waals surface area contributed by atoms with Crippen LogP contribution in [0.2, 0.25) is 0 Å². The quantitative estimate of drug-likeness (QED) is 0.643. The van der Waals surface area contributed by atoms with Crippen LogP contribution in [-0.2, 0) is 4.74 Å². The Morgan fingerprint density at radius 1 is 1.64 bits per heavy atom. The highest BCUT2D eigenvalue weighted by atomic mass is 16.6. The third-order valence-electron chi connectivity index (χ3n) is 2.10. The fourth-order valence-corrected chi connectivity index (χ4v) is 1.32. The van der Waals surface area contributed by atoms with Crippen molar-refractivity contribution in [2.45, 2.75) is 45.3 Å². The van der Waals surface area contributed by atoms with Crippen molar-refractivity contribution >= 4 is 6.09 Å². The highest BCUT2D eigenvalue weighted by Gasteiger charge is 2.34. The molecule has 0 N–H and O–H groups in total. The molecule has 1 rings (SSSR count). The summed E-state index contributed by atoms with van der Waals surface area (Å²) in [5, 5.41) is 8.51. The Balaban J connectivity index is 2.43. The van der Waals surface area contributed by atoms with Crippen molar-refractivity contribution < 1.29 is 9.53 Å². The maximum absolute atomic E-state index is 11.5. The number of likely N-dealkylation sites (tertiary alicyclic amines) is 1. The molecule has 0 unspecified atom stereocenters. The molecule has 1 fully saturated rings. The molecule has 0 aromatic rings. The largest absolute Gasteiger partial charge is 0.444 e. The van der Waals surface area contributed by atoms with Crippen molar-refractivity contribution in [3.63, 3.8) is 0 Å². The normalized spacial score (nSPS) is 21.0. The topological polar surface area (TPSA) is 53.3 Å². The third kappa shape index (κ3) is 2.63. The third-order valence-corrected chi connectivity index (χ3v) is 2.10. The van der Waals surface area contributed by atoms with E-state index >= 15 is 0 Å². The summed E-state index contributed by atoms with van der Waals surface area (Å²) in [7, 11) is 0. The number of hydrogen-bond donors (Lipinski definition) is 0. The SMILES string of the molecule is CC(C)(C)OC(=O)N1CC[C@@H]1CC#N. The van der Waals surface area contributed by atoms with Crippen LogP contribution in [0.5, 0.6) is 0 Å². The summed E-state index contributed by atoms with van der Waals surface area (Å²) in [4.78, 5) is 13.1. The highest BCUT2D eigenvalue weighted by Crippen LogP contribution is 2.22. The van der Waals surface area contributed by atoms with Crippen LogP contribution in [0.3, 0.4) is 0 Å². The van der Waals surface area contributed by atoms with Gasteiger partial charge in [0, 0.05) is 12.6 Å². The van der Waals surface area contributed by atoms with E-state index in [1.165, 1.54) is 0 Å². The lowest BCUT2D eigenvalue weighted by atomic mass is 10.0. The Bertz CT molecular complexity index is 262. The van der Waals surface area contributed by atoms with Crippen LogP contribution in [0.1, 0.15) is 33.6 Å². The van der Waals surface area contributed by atoms with Crippen LogP contribution >= 0.6 is 0 Å². The number of rotatable bonds is 1. The molecule has 0 aromatic heterocycles. The lowest BCUT2D eigenvalue weighted by molar-refractivity contribution is -0.00421. The fourth-order valence-electron chi connectivity index (χ4n) is 1.32. The van der Waals surface area contributed by atoms with Crippen LogP contribution in [0.4, 0.5) is 4.79 Å². The molecule has 4 heteroatoms. The molecule has 1 aliphatic rings. The van der Waals surface area contributed by atoms with Crippen LogP contribution in [0.25, 0.3) is 0 Å². The molecule has 1 heterocycles. The summed E-state index contributed by atoms with van der Waals surface area (Å²) in [6.45, 7) is 6.22. The number of amides is 1. The monoisotopic (exact) mass is 196 g/mol. The van der Waals surface area contributed by atoms with Gasteiger partial charge in [-0.15, -0.1) is 0 Å². The first kappa shape index (κ1) is 10.8. The number of ether oxygens (including phenoxy) is 1. The molecule has 0 radical (unpaired) electrons. The minimum atomic E-state index is -0.454. The van der Waals surface area contributed by atoms with Gasteiger partial charge in [0.05, 0.1) is 12.5 Å². The molecule has 78 valence electrons. The molecule has 14 heavy (non-hydrogen) atoms. The summed E-state index contributed by atoms with van der Waals surface area (Å²) in [6, 6.07) is 2.13. The standard InChI is InChI=1S/C10H16N2O2/c1-10(2,3)14-9(13)12-7-5-8(12)4-6-11/h8H,4-5,7H2,1-3H3/t8-/m0/s1. The van der Waals surface area contributed by atoms with Gasteiger partial charge in [0.1, 0.15) is 5.60 Å². The van der Waals surface area contributed by atoms with Gasteiger partial charge in [-0.1, -0.05) is 0 Å². The molecule has 0 bridgehead atoms. The van der Waals surface area contributed by atoms with Crippen LogP contribution in [-0.4, -0.2) is 29.2 Å². The first-order valence-corrected chi connectivity index (χ1v) is 4.80. The lowest BCUT2D eigenvalue weighted by Gasteiger charge is -2.40. The summed E-state index contributed by atoms with van der Waals surface area (Å²) in [5.41, 5.74) is -0.454. The van der Waals surface area contributed by atoms with Gasteiger partial charge < -0.3 is 9.64 Å². The van der Waals surface area contributed by atoms with Crippen LogP contribution in [0.15, 0.2) is 0 Å². The predicted octanol–water partition coefficient (Wildman–Crippen LogP) is 1.91. The zero-order valence-electron chi connectivity index (χ0n) is 8.91. The molecule has 0 aromatic carbocycles. The van der Waals surface area contributed by atoms with E-state index < -0.39 is 5.60 Å². The van der Waals surface area contributed by atoms with Gasteiger partial charge in [0.2, 0.25) is 0 Å². The summed E-state index contributed by atoms with van der Waals surface area (Å²) in [5.74, 6) is 0. The van der Waals surface area contributed by atoms with Gasteiger partial charge in [-0.05, 0) is 27.2 Å². The number of nitrogens with zero attached hydrogens (tertiary/aromatic N) is 2. The Kier molecular flexibility index (Phi) is 3.00. The summed E-state index contributed by atoms with van der Waals surface area (Å²) >= 11 is 0. The minimum absolute atomic E-state index is 0.0647. The van der Waals surface area contributed by atoms with Crippen molar-refractivity contribution in [3.8, 4) is 6.07 Å². The van der Waals surface area contributed by atoms with Gasteiger partial charge in [-0.3, -0.25) is 0 Å². The maximum atomic E-state index is 11.5. The van der Waals surface area contributed by atoms with Crippen molar-refractivity contribution in [2.24, 2.45) is 0 Å². The lowest BCUT2D eigenvalue weighted by Crippen LogP contribution is -2.52. The van der Waals surface area contributed by atoms with Crippen molar-refractivity contribution in [2.75, 3.05) is 6.54 Å². The second kappa shape index (κ2) is 3.87. The minimum Gasteiger partial charge on any atom is -0.444 e. The number of carbonyl (C=O) groups is 1. The van der Waals surface area contributed by atoms with E-state index in [4.69, 9.17) is 10.00 Å². The first-order chi connectivity index (χ1) is 6.44. The number of hydrogen-bond acceptors (Lipinski definition) is 3. The van der Waals surface area contributed by atoms with E-state index in [1.807, 2.05) is 20.8 Å². The number of nitriles is 1. The van der Waals surface area contributed by atoms with Gasteiger partial charge in [-0.2, -0.15) is 5.26 Å². The zero-order chi connectivity index (χ0) is 10.8. The van der Waals surface area contributed by atoms with Crippen molar-refractivity contribution in [3.05, 3.63) is 0 Å². The predicted molar refractivity (Wildman–Crippen MR) is 51.6 cm³/mol. The van der Waals surface area contributed by atoms with Crippen LogP contribution in [0, 0.1) is 11.3 Å². The van der Waals surface area contributed by atoms with Crippen LogP contribution < -0.4 is 0 Å². The van der Waals surface area contributed by atoms with Crippen molar-refractivity contribution in [1.82, 2.24) is 4.90 Å². The smallest absolute Gasteiger partial charge is 0.410 e. The van der Waals surface area contributed by atoms with Gasteiger partial charge >= 0.3 is 6.09 Å². The Morgan fingerprint density at radius 2 is 2.29 bits per heavy atom. The molecule has 0 saturated carbocycles. The second-order valence-corrected chi connectivity index (χ2v) is 4.48. The molecule has 1 atom stereocenters. The van der Waals surface area contributed by atoms with E-state index in [1.54, 1.807) is 4.90 Å². The Morgan fingerprint density at radius 3 is 2.64 bits per heavy atom. The Labute approximate surface area is 84.4 Å². The fraction of sp³-hybridized carbons (Fsp3) is 0.800. The molecular formula is C10H16N2O2. The second-order valence-electron chi connectivity index (χ2n) is 4.48. The first-order valence-electron chi connectivity index (χ1n) is 4.80. The zero-order valence-corrected chi connectivity index (χ0v) is 8.91. The number of carbonyl (C=O) groups excluding carboxylic acids is 1. The van der Waals surface area contributed by atoms with E-state index in [-0.39, 0.29) is 12.1 Å².